The van der Waals surface area contributed by atoms with Gasteiger partial charge in [-0.25, -0.2) is 4.98 Å². The minimum absolute atomic E-state index is 0.0967. The van der Waals surface area contributed by atoms with Crippen LogP contribution in [-0.4, -0.2) is 43.8 Å². The molecule has 0 N–H and O–H groups in total. The van der Waals surface area contributed by atoms with Crippen LogP contribution >= 0.6 is 11.8 Å². The molecule has 6 heteroatoms. The fourth-order valence-corrected chi connectivity index (χ4v) is 4.51. The summed E-state index contributed by atoms with van der Waals surface area (Å²) in [6.45, 7) is 8.14. The molecule has 0 fully saturated rings. The summed E-state index contributed by atoms with van der Waals surface area (Å²) in [4.78, 5) is 19.2. The van der Waals surface area contributed by atoms with Crippen LogP contribution in [0.25, 0.3) is 33.3 Å². The molecule has 0 bridgehead atoms. The minimum atomic E-state index is 0.0967. The number of carbonyl (C=O) groups excluding carboxylic acids is 1. The maximum absolute atomic E-state index is 12.6. The summed E-state index contributed by atoms with van der Waals surface area (Å²) in [6.07, 6.45) is 0. The molecular weight excluding hydrogens is 356 g/mol. The molecule has 1 heterocycles. The standard InChI is InChI=1S/C21H22N4OS/c1-12(2)25(13(3)4)17(26)11-27-21-22-19-15-9-5-7-14-8-6-10-16(18(14)15)20(19)23-24-21/h5-10,12-13H,11H2,1-4H3. The lowest BCUT2D eigenvalue weighted by Gasteiger charge is -2.30. The predicted octanol–water partition coefficient (Wildman–Crippen LogP) is 4.41. The van der Waals surface area contributed by atoms with Gasteiger partial charge in [0.25, 0.3) is 0 Å². The second-order valence-corrected chi connectivity index (χ2v) is 8.22. The van der Waals surface area contributed by atoms with Crippen LogP contribution in [0.5, 0.6) is 0 Å². The van der Waals surface area contributed by atoms with E-state index in [9.17, 15) is 4.79 Å². The molecule has 0 atom stereocenters. The number of hydrogen-bond donors (Lipinski definition) is 0. The Labute approximate surface area is 163 Å². The van der Waals surface area contributed by atoms with E-state index >= 15 is 0 Å². The number of rotatable bonds is 5. The maximum atomic E-state index is 12.6. The second-order valence-electron chi connectivity index (χ2n) is 7.28. The van der Waals surface area contributed by atoms with Gasteiger partial charge in [0.1, 0.15) is 11.4 Å². The number of aromatic nitrogens is 3. The van der Waals surface area contributed by atoms with E-state index in [4.69, 9.17) is 4.98 Å². The first-order chi connectivity index (χ1) is 13.0. The van der Waals surface area contributed by atoms with E-state index in [1.54, 1.807) is 0 Å². The Bertz CT molecular complexity index is 1020. The fourth-order valence-electron chi connectivity index (χ4n) is 3.85. The molecule has 0 saturated heterocycles. The van der Waals surface area contributed by atoms with E-state index in [1.165, 1.54) is 22.5 Å². The van der Waals surface area contributed by atoms with Gasteiger partial charge in [0.15, 0.2) is 0 Å². The summed E-state index contributed by atoms with van der Waals surface area (Å²) in [5.74, 6) is 0.410. The largest absolute Gasteiger partial charge is 0.337 e. The third kappa shape index (κ3) is 3.08. The molecule has 27 heavy (non-hydrogen) atoms. The molecule has 138 valence electrons. The molecule has 1 aliphatic carbocycles. The molecule has 4 rings (SSSR count). The Kier molecular flexibility index (Phi) is 4.60. The van der Waals surface area contributed by atoms with Crippen molar-refractivity contribution >= 4 is 28.4 Å². The normalized spacial score (nSPS) is 12.1. The third-order valence-electron chi connectivity index (χ3n) is 4.81. The van der Waals surface area contributed by atoms with Crippen molar-refractivity contribution in [2.75, 3.05) is 5.75 Å². The molecule has 2 aromatic carbocycles. The number of amides is 1. The molecule has 0 radical (unpaired) electrons. The highest BCUT2D eigenvalue weighted by molar-refractivity contribution is 7.99. The van der Waals surface area contributed by atoms with Gasteiger partial charge in [0.05, 0.1) is 5.75 Å². The highest BCUT2D eigenvalue weighted by Gasteiger charge is 2.25. The van der Waals surface area contributed by atoms with Gasteiger partial charge in [-0.15, -0.1) is 10.2 Å². The van der Waals surface area contributed by atoms with Gasteiger partial charge in [0, 0.05) is 28.6 Å². The molecule has 5 nitrogen and oxygen atoms in total. The van der Waals surface area contributed by atoms with Crippen molar-refractivity contribution < 1.29 is 4.79 Å². The Morgan fingerprint density at radius 3 is 2.22 bits per heavy atom. The maximum Gasteiger partial charge on any atom is 0.233 e. The summed E-state index contributed by atoms with van der Waals surface area (Å²) in [5, 5.41) is 11.6. The smallest absolute Gasteiger partial charge is 0.233 e. The monoisotopic (exact) mass is 378 g/mol. The van der Waals surface area contributed by atoms with Crippen molar-refractivity contribution in [2.24, 2.45) is 0 Å². The van der Waals surface area contributed by atoms with Gasteiger partial charge in [-0.3, -0.25) is 4.79 Å². The van der Waals surface area contributed by atoms with Crippen LogP contribution in [0.4, 0.5) is 0 Å². The van der Waals surface area contributed by atoms with Crippen molar-refractivity contribution in [1.29, 1.82) is 0 Å². The first-order valence-electron chi connectivity index (χ1n) is 9.18. The van der Waals surface area contributed by atoms with E-state index in [0.29, 0.717) is 10.9 Å². The number of carbonyl (C=O) groups is 1. The molecule has 0 aliphatic heterocycles. The van der Waals surface area contributed by atoms with E-state index in [0.717, 1.165) is 22.5 Å². The average Bonchev–Trinajstić information content (AvgIpc) is 2.95. The molecule has 3 aromatic rings. The quantitative estimate of drug-likeness (QED) is 0.482. The van der Waals surface area contributed by atoms with E-state index in [2.05, 4.69) is 34.5 Å². The highest BCUT2D eigenvalue weighted by atomic mass is 32.2. The Hall–Kier alpha value is -2.47. The first kappa shape index (κ1) is 17.9. The topological polar surface area (TPSA) is 59.0 Å². The van der Waals surface area contributed by atoms with Crippen molar-refractivity contribution in [1.82, 2.24) is 20.1 Å². The van der Waals surface area contributed by atoms with Crippen LogP contribution in [0, 0.1) is 0 Å². The highest BCUT2D eigenvalue weighted by Crippen LogP contribution is 2.44. The second kappa shape index (κ2) is 6.93. The number of nitrogens with zero attached hydrogens (tertiary/aromatic N) is 4. The van der Waals surface area contributed by atoms with Crippen LogP contribution < -0.4 is 0 Å². The fraction of sp³-hybridized carbons (Fsp3) is 0.333. The van der Waals surface area contributed by atoms with Gasteiger partial charge >= 0.3 is 0 Å². The number of fused-ring (bicyclic) bond motifs is 3. The number of thioether (sulfide) groups is 1. The van der Waals surface area contributed by atoms with Crippen LogP contribution in [0.2, 0.25) is 0 Å². The Morgan fingerprint density at radius 2 is 1.59 bits per heavy atom. The summed E-state index contributed by atoms with van der Waals surface area (Å²) in [7, 11) is 0. The zero-order chi connectivity index (χ0) is 19.1. The van der Waals surface area contributed by atoms with Crippen LogP contribution in [0.15, 0.2) is 41.6 Å². The van der Waals surface area contributed by atoms with Crippen LogP contribution in [-0.2, 0) is 4.79 Å². The zero-order valence-corrected chi connectivity index (χ0v) is 16.7. The summed E-state index contributed by atoms with van der Waals surface area (Å²) in [6, 6.07) is 12.8. The Morgan fingerprint density at radius 1 is 0.963 bits per heavy atom. The minimum Gasteiger partial charge on any atom is -0.337 e. The molecule has 0 spiro atoms. The summed E-state index contributed by atoms with van der Waals surface area (Å²) in [5.41, 5.74) is 3.85. The van der Waals surface area contributed by atoms with Gasteiger partial charge in [-0.2, -0.15) is 0 Å². The van der Waals surface area contributed by atoms with Crippen molar-refractivity contribution in [3.8, 4) is 22.5 Å². The molecule has 0 unspecified atom stereocenters. The van der Waals surface area contributed by atoms with Crippen LogP contribution in [0.1, 0.15) is 27.7 Å². The van der Waals surface area contributed by atoms with Gasteiger partial charge in [-0.1, -0.05) is 48.2 Å². The number of hydrogen-bond acceptors (Lipinski definition) is 5. The molecular formula is C21H22N4OS. The van der Waals surface area contributed by atoms with Gasteiger partial charge < -0.3 is 4.90 Å². The number of benzene rings is 2. The third-order valence-corrected chi connectivity index (χ3v) is 5.63. The molecule has 1 aliphatic rings. The first-order valence-corrected chi connectivity index (χ1v) is 10.2. The lowest BCUT2D eigenvalue weighted by atomic mass is 10.0. The predicted molar refractivity (Wildman–Crippen MR) is 110 cm³/mol. The zero-order valence-electron chi connectivity index (χ0n) is 15.9. The van der Waals surface area contributed by atoms with E-state index in [1.807, 2.05) is 44.7 Å². The van der Waals surface area contributed by atoms with Crippen molar-refractivity contribution in [3.63, 3.8) is 0 Å². The Balaban J connectivity index is 1.61. The lowest BCUT2D eigenvalue weighted by Crippen LogP contribution is -2.43. The molecule has 0 saturated carbocycles. The molecule has 1 amide bonds. The molecule has 1 aromatic heterocycles. The average molecular weight is 379 g/mol. The van der Waals surface area contributed by atoms with Gasteiger partial charge in [-0.05, 0) is 33.1 Å². The SMILES string of the molecule is CC(C)N(C(=O)CSc1nnc2c(n1)-c1cccc3cccc-2c13)C(C)C. The summed E-state index contributed by atoms with van der Waals surface area (Å²) >= 11 is 1.35. The summed E-state index contributed by atoms with van der Waals surface area (Å²) < 4.78 is 0. The van der Waals surface area contributed by atoms with Gasteiger partial charge in [0.2, 0.25) is 11.1 Å². The van der Waals surface area contributed by atoms with Crippen molar-refractivity contribution in [3.05, 3.63) is 36.4 Å². The lowest BCUT2D eigenvalue weighted by molar-refractivity contribution is -0.131. The van der Waals surface area contributed by atoms with Crippen molar-refractivity contribution in [2.45, 2.75) is 44.9 Å². The van der Waals surface area contributed by atoms with E-state index in [-0.39, 0.29) is 18.0 Å². The van der Waals surface area contributed by atoms with Crippen LogP contribution in [0.3, 0.4) is 0 Å². The van der Waals surface area contributed by atoms with E-state index < -0.39 is 0 Å².